The largest absolute Gasteiger partial charge is 0.355 e. The van der Waals surface area contributed by atoms with Crippen molar-refractivity contribution in [1.82, 2.24) is 0 Å². The Morgan fingerprint density at radius 1 is 1.36 bits per heavy atom. The number of hydrogen-bond donors (Lipinski definition) is 0. The van der Waals surface area contributed by atoms with E-state index in [2.05, 4.69) is 0 Å². The van der Waals surface area contributed by atoms with E-state index in [-0.39, 0.29) is 0 Å². The second kappa shape index (κ2) is 2.72. The van der Waals surface area contributed by atoms with Gasteiger partial charge < -0.3 is 4.74 Å². The van der Waals surface area contributed by atoms with Gasteiger partial charge in [-0.2, -0.15) is 0 Å². The smallest absolute Gasteiger partial charge is 0.134 e. The summed E-state index contributed by atoms with van der Waals surface area (Å²) in [4.78, 5) is 0. The first-order valence-corrected chi connectivity index (χ1v) is 3.81. The molecule has 2 nitrogen and oxygen atoms in total. The molecule has 1 aromatic rings. The molecule has 0 atom stereocenters. The van der Waals surface area contributed by atoms with E-state index in [0.717, 1.165) is 11.3 Å². The SMILES string of the molecule is ClN1COCc2ccccc21. The highest BCUT2D eigenvalue weighted by atomic mass is 35.5. The first-order chi connectivity index (χ1) is 5.38. The van der Waals surface area contributed by atoms with Crippen LogP contribution in [0.4, 0.5) is 5.69 Å². The van der Waals surface area contributed by atoms with E-state index in [1.54, 1.807) is 4.42 Å². The van der Waals surface area contributed by atoms with Crippen molar-refractivity contribution in [3.8, 4) is 0 Å². The van der Waals surface area contributed by atoms with Crippen molar-refractivity contribution in [2.75, 3.05) is 11.1 Å². The molecule has 1 aliphatic heterocycles. The van der Waals surface area contributed by atoms with Gasteiger partial charge in [0, 0.05) is 17.3 Å². The molecule has 1 aromatic carbocycles. The third kappa shape index (κ3) is 1.19. The second-order valence-corrected chi connectivity index (χ2v) is 2.88. The third-order valence-electron chi connectivity index (χ3n) is 1.72. The van der Waals surface area contributed by atoms with Crippen LogP contribution in [0.25, 0.3) is 0 Å². The van der Waals surface area contributed by atoms with Crippen LogP contribution >= 0.6 is 11.8 Å². The molecule has 0 aromatic heterocycles. The zero-order valence-corrected chi connectivity index (χ0v) is 6.71. The molecule has 2 rings (SSSR count). The van der Waals surface area contributed by atoms with Crippen LogP contribution in [-0.4, -0.2) is 6.73 Å². The summed E-state index contributed by atoms with van der Waals surface area (Å²) in [6, 6.07) is 7.96. The Hall–Kier alpha value is -0.730. The van der Waals surface area contributed by atoms with Crippen molar-refractivity contribution in [3.05, 3.63) is 29.8 Å². The standard InChI is InChI=1S/C8H8ClNO/c9-10-6-11-5-7-3-1-2-4-8(7)10/h1-4H,5-6H2. The predicted octanol–water partition coefficient (Wildman–Crippen LogP) is 2.13. The van der Waals surface area contributed by atoms with Gasteiger partial charge >= 0.3 is 0 Å². The molecule has 0 aliphatic carbocycles. The van der Waals surface area contributed by atoms with Gasteiger partial charge in [-0.15, -0.1) is 0 Å². The highest BCUT2D eigenvalue weighted by Crippen LogP contribution is 2.26. The van der Waals surface area contributed by atoms with Gasteiger partial charge in [-0.05, 0) is 6.07 Å². The number of benzene rings is 1. The Morgan fingerprint density at radius 2 is 2.18 bits per heavy atom. The lowest BCUT2D eigenvalue weighted by molar-refractivity contribution is 0.121. The van der Waals surface area contributed by atoms with Gasteiger partial charge in [-0.1, -0.05) is 18.2 Å². The molecule has 58 valence electrons. The fourth-order valence-corrected chi connectivity index (χ4v) is 1.41. The van der Waals surface area contributed by atoms with E-state index in [4.69, 9.17) is 16.5 Å². The fraction of sp³-hybridized carbons (Fsp3) is 0.250. The minimum absolute atomic E-state index is 0.471. The number of para-hydroxylation sites is 1. The average molecular weight is 170 g/mol. The Morgan fingerprint density at radius 3 is 3.00 bits per heavy atom. The maximum absolute atomic E-state index is 5.86. The zero-order chi connectivity index (χ0) is 7.68. The van der Waals surface area contributed by atoms with Crippen molar-refractivity contribution in [2.24, 2.45) is 0 Å². The number of nitrogens with zero attached hydrogens (tertiary/aromatic N) is 1. The molecule has 0 unspecified atom stereocenters. The molecule has 0 saturated carbocycles. The number of hydrogen-bond acceptors (Lipinski definition) is 2. The Kier molecular flexibility index (Phi) is 1.72. The Bertz CT molecular complexity index is 264. The van der Waals surface area contributed by atoms with Crippen LogP contribution in [0.5, 0.6) is 0 Å². The van der Waals surface area contributed by atoms with Crippen molar-refractivity contribution in [1.29, 1.82) is 0 Å². The topological polar surface area (TPSA) is 12.5 Å². The van der Waals surface area contributed by atoms with Crippen molar-refractivity contribution in [2.45, 2.75) is 6.61 Å². The molecule has 0 amide bonds. The van der Waals surface area contributed by atoms with Crippen LogP contribution in [0.15, 0.2) is 24.3 Å². The van der Waals surface area contributed by atoms with E-state index in [9.17, 15) is 0 Å². The molecule has 0 fully saturated rings. The van der Waals surface area contributed by atoms with Crippen LogP contribution in [0, 0.1) is 0 Å². The predicted molar refractivity (Wildman–Crippen MR) is 44.4 cm³/mol. The van der Waals surface area contributed by atoms with E-state index >= 15 is 0 Å². The monoisotopic (exact) mass is 169 g/mol. The van der Waals surface area contributed by atoms with E-state index in [1.165, 1.54) is 0 Å². The van der Waals surface area contributed by atoms with E-state index < -0.39 is 0 Å². The maximum Gasteiger partial charge on any atom is 0.134 e. The molecule has 1 aliphatic rings. The van der Waals surface area contributed by atoms with Gasteiger partial charge in [0.2, 0.25) is 0 Å². The van der Waals surface area contributed by atoms with Gasteiger partial charge in [0.1, 0.15) is 6.73 Å². The minimum atomic E-state index is 0.471. The van der Waals surface area contributed by atoms with Gasteiger partial charge in [0.05, 0.1) is 12.3 Å². The first-order valence-electron chi connectivity index (χ1n) is 3.47. The second-order valence-electron chi connectivity index (χ2n) is 2.47. The lowest BCUT2D eigenvalue weighted by Crippen LogP contribution is -2.21. The van der Waals surface area contributed by atoms with Crippen molar-refractivity contribution in [3.63, 3.8) is 0 Å². The lowest BCUT2D eigenvalue weighted by Gasteiger charge is -2.24. The molecule has 0 radical (unpaired) electrons. The molecule has 0 bridgehead atoms. The van der Waals surface area contributed by atoms with Crippen molar-refractivity contribution < 1.29 is 4.74 Å². The summed E-state index contributed by atoms with van der Waals surface area (Å²) in [5, 5.41) is 0. The maximum atomic E-state index is 5.86. The molecule has 0 spiro atoms. The summed E-state index contributed by atoms with van der Waals surface area (Å²) in [6.07, 6.45) is 0. The number of rotatable bonds is 0. The Balaban J connectivity index is 2.44. The highest BCUT2D eigenvalue weighted by Gasteiger charge is 2.13. The van der Waals surface area contributed by atoms with E-state index in [1.807, 2.05) is 24.3 Å². The molecule has 0 N–H and O–H groups in total. The quantitative estimate of drug-likeness (QED) is 0.552. The highest BCUT2D eigenvalue weighted by molar-refractivity contribution is 6.25. The van der Waals surface area contributed by atoms with Crippen LogP contribution in [0.1, 0.15) is 5.56 Å². The number of fused-ring (bicyclic) bond motifs is 1. The molecular weight excluding hydrogens is 162 g/mol. The number of ether oxygens (including phenoxy) is 1. The fourth-order valence-electron chi connectivity index (χ4n) is 1.17. The average Bonchev–Trinajstić information content (AvgIpc) is 2.06. The van der Waals surface area contributed by atoms with Gasteiger partial charge in [0.15, 0.2) is 0 Å². The molecular formula is C8H8ClNO. The van der Waals surface area contributed by atoms with Crippen LogP contribution < -0.4 is 4.42 Å². The van der Waals surface area contributed by atoms with Crippen molar-refractivity contribution >= 4 is 17.5 Å². The third-order valence-corrected chi connectivity index (χ3v) is 1.99. The molecule has 3 heteroatoms. The summed E-state index contributed by atoms with van der Waals surface area (Å²) in [5.41, 5.74) is 2.20. The zero-order valence-electron chi connectivity index (χ0n) is 5.96. The number of halogens is 1. The van der Waals surface area contributed by atoms with Gasteiger partial charge in [-0.25, -0.2) is 0 Å². The summed E-state index contributed by atoms with van der Waals surface area (Å²) in [5.74, 6) is 0. The van der Waals surface area contributed by atoms with Gasteiger partial charge in [-0.3, -0.25) is 4.42 Å². The molecule has 0 saturated heterocycles. The summed E-state index contributed by atoms with van der Waals surface area (Å²) in [7, 11) is 0. The Labute approximate surface area is 70.4 Å². The lowest BCUT2D eigenvalue weighted by atomic mass is 10.2. The summed E-state index contributed by atoms with van der Waals surface area (Å²) >= 11 is 5.86. The van der Waals surface area contributed by atoms with E-state index in [0.29, 0.717) is 13.3 Å². The minimum Gasteiger partial charge on any atom is -0.355 e. The molecule has 1 heterocycles. The first kappa shape index (κ1) is 6.95. The summed E-state index contributed by atoms with van der Waals surface area (Å²) in [6.45, 7) is 1.14. The molecule has 11 heavy (non-hydrogen) atoms. The van der Waals surface area contributed by atoms with Gasteiger partial charge in [0.25, 0.3) is 0 Å². The normalized spacial score (nSPS) is 16.3. The summed E-state index contributed by atoms with van der Waals surface area (Å²) < 4.78 is 6.78. The van der Waals surface area contributed by atoms with Crippen LogP contribution in [0.2, 0.25) is 0 Å². The van der Waals surface area contributed by atoms with Crippen LogP contribution in [-0.2, 0) is 11.3 Å². The number of anilines is 1. The van der Waals surface area contributed by atoms with Crippen LogP contribution in [0.3, 0.4) is 0 Å².